The monoisotopic (exact) mass is 516 g/mol. The first-order valence-electron chi connectivity index (χ1n) is 11.4. The van der Waals surface area contributed by atoms with E-state index in [4.69, 9.17) is 12.2 Å². The zero-order valence-corrected chi connectivity index (χ0v) is 21.1. The lowest BCUT2D eigenvalue weighted by molar-refractivity contribution is -0.173. The quantitative estimate of drug-likeness (QED) is 0.275. The molecule has 36 heavy (non-hydrogen) atoms. The smallest absolute Gasteiger partial charge is 0.363 e. The van der Waals surface area contributed by atoms with Crippen LogP contribution >= 0.6 is 12.2 Å². The number of aromatic nitrogens is 2. The summed E-state index contributed by atoms with van der Waals surface area (Å²) in [5.41, 5.74) is 10.4. The molecule has 1 aromatic heterocycles. The van der Waals surface area contributed by atoms with Gasteiger partial charge in [-0.25, -0.2) is 4.68 Å². The maximum Gasteiger partial charge on any atom is 0.410 e. The summed E-state index contributed by atoms with van der Waals surface area (Å²) in [5.74, 6) is -0.597. The molecular weight excluding hydrogens is 489 g/mol. The van der Waals surface area contributed by atoms with Crippen molar-refractivity contribution in [3.8, 4) is 0 Å². The van der Waals surface area contributed by atoms with E-state index in [0.29, 0.717) is 0 Å². The second-order valence-corrected chi connectivity index (χ2v) is 9.38. The van der Waals surface area contributed by atoms with E-state index >= 15 is 0 Å². The van der Waals surface area contributed by atoms with Gasteiger partial charge >= 0.3 is 6.18 Å². The number of rotatable bonds is 3. The van der Waals surface area contributed by atoms with Crippen molar-refractivity contribution < 1.29 is 18.0 Å². The number of hydrazine groups is 1. The zero-order valence-electron chi connectivity index (χ0n) is 20.2. The Bertz CT molecular complexity index is 1320. The van der Waals surface area contributed by atoms with Crippen LogP contribution in [0.3, 0.4) is 0 Å². The van der Waals surface area contributed by atoms with Gasteiger partial charge in [0.1, 0.15) is 5.82 Å². The van der Waals surface area contributed by atoms with E-state index in [1.807, 2.05) is 64.1 Å². The molecule has 0 radical (unpaired) electrons. The van der Waals surface area contributed by atoms with Crippen molar-refractivity contribution in [3.63, 3.8) is 0 Å². The fourth-order valence-corrected chi connectivity index (χ4v) is 4.26. The van der Waals surface area contributed by atoms with E-state index in [1.54, 1.807) is 0 Å². The van der Waals surface area contributed by atoms with Crippen LogP contribution in [0.1, 0.15) is 56.8 Å². The largest absolute Gasteiger partial charge is 0.410 e. The molecule has 0 saturated heterocycles. The van der Waals surface area contributed by atoms with Crippen LogP contribution in [0.2, 0.25) is 0 Å². The molecule has 2 atom stereocenters. The molecule has 0 spiro atoms. The summed E-state index contributed by atoms with van der Waals surface area (Å²) in [6.07, 6.45) is -4.78. The molecule has 0 aliphatic carbocycles. The molecular formula is C25H27F3N6OS. The van der Waals surface area contributed by atoms with Crippen molar-refractivity contribution in [3.05, 3.63) is 76.0 Å². The van der Waals surface area contributed by atoms with Gasteiger partial charge in [-0.05, 0) is 73.8 Å². The number of amides is 1. The molecule has 3 aromatic rings. The fraction of sp³-hybridized carbons (Fsp3) is 0.320. The number of aryl methyl sites for hydroxylation is 3. The maximum atomic E-state index is 14.0. The molecule has 4 N–H and O–H groups in total. The average molecular weight is 517 g/mol. The van der Waals surface area contributed by atoms with Crippen LogP contribution in [-0.2, 0) is 0 Å². The van der Waals surface area contributed by atoms with Gasteiger partial charge in [0.05, 0.1) is 6.04 Å². The molecule has 0 saturated carbocycles. The SMILES string of the molecule is Cc1ccc([C@H]2C[C@@H](C(F)(F)F)n3nc(C(=O)NNC(=S)Nc4cccc(C)c4C)cc3N2)cc1C. The van der Waals surface area contributed by atoms with Gasteiger partial charge in [0, 0.05) is 18.2 Å². The van der Waals surface area contributed by atoms with E-state index in [0.717, 1.165) is 38.2 Å². The van der Waals surface area contributed by atoms with Gasteiger partial charge in [-0.3, -0.25) is 15.6 Å². The average Bonchev–Trinajstić information content (AvgIpc) is 3.25. The van der Waals surface area contributed by atoms with Gasteiger partial charge in [-0.2, -0.15) is 18.3 Å². The lowest BCUT2D eigenvalue weighted by Gasteiger charge is -2.33. The Hall–Kier alpha value is -3.60. The predicted octanol–water partition coefficient (Wildman–Crippen LogP) is 5.41. The number of carbonyl (C=O) groups excluding carboxylic acids is 1. The van der Waals surface area contributed by atoms with E-state index in [1.165, 1.54) is 6.07 Å². The first-order valence-corrected chi connectivity index (χ1v) is 11.8. The third-order valence-corrected chi connectivity index (χ3v) is 6.70. The fourth-order valence-electron chi connectivity index (χ4n) is 4.10. The molecule has 11 heteroatoms. The number of carbonyl (C=O) groups is 1. The molecule has 4 rings (SSSR count). The van der Waals surface area contributed by atoms with Gasteiger partial charge in [0.2, 0.25) is 0 Å². The van der Waals surface area contributed by atoms with Crippen molar-refractivity contribution in [1.29, 1.82) is 0 Å². The summed E-state index contributed by atoms with van der Waals surface area (Å²) in [6.45, 7) is 7.77. The number of fused-ring (bicyclic) bond motifs is 1. The highest BCUT2D eigenvalue weighted by molar-refractivity contribution is 7.80. The summed E-state index contributed by atoms with van der Waals surface area (Å²) in [5, 5.41) is 10.2. The number of halogens is 3. The van der Waals surface area contributed by atoms with E-state index in [2.05, 4.69) is 26.6 Å². The summed E-state index contributed by atoms with van der Waals surface area (Å²) in [4.78, 5) is 12.7. The number of nitrogens with zero attached hydrogens (tertiary/aromatic N) is 2. The Labute approximate surface area is 212 Å². The van der Waals surface area contributed by atoms with Gasteiger partial charge in [-0.15, -0.1) is 0 Å². The second-order valence-electron chi connectivity index (χ2n) is 8.97. The van der Waals surface area contributed by atoms with Crippen molar-refractivity contribution in [2.24, 2.45) is 0 Å². The van der Waals surface area contributed by atoms with Crippen LogP contribution in [-0.4, -0.2) is 27.0 Å². The molecule has 0 fully saturated rings. The number of thiocarbonyl (C=S) groups is 1. The van der Waals surface area contributed by atoms with Gasteiger partial charge in [-0.1, -0.05) is 30.3 Å². The maximum absolute atomic E-state index is 14.0. The van der Waals surface area contributed by atoms with E-state index in [-0.39, 0.29) is 23.0 Å². The molecule has 1 aliphatic heterocycles. The van der Waals surface area contributed by atoms with Crippen LogP contribution < -0.4 is 21.5 Å². The van der Waals surface area contributed by atoms with Crippen molar-refractivity contribution >= 4 is 34.7 Å². The number of anilines is 2. The number of hydrogen-bond acceptors (Lipinski definition) is 4. The number of benzene rings is 2. The van der Waals surface area contributed by atoms with E-state index < -0.39 is 24.2 Å². The Morgan fingerprint density at radius 1 is 1.06 bits per heavy atom. The normalized spacial score (nSPS) is 17.1. The second kappa shape index (κ2) is 9.81. The lowest BCUT2D eigenvalue weighted by atomic mass is 9.94. The Balaban J connectivity index is 1.49. The zero-order chi connectivity index (χ0) is 26.2. The summed E-state index contributed by atoms with van der Waals surface area (Å²) in [7, 11) is 0. The minimum Gasteiger partial charge on any atom is -0.363 e. The number of alkyl halides is 3. The minimum atomic E-state index is -4.54. The molecule has 7 nitrogen and oxygen atoms in total. The first-order chi connectivity index (χ1) is 16.9. The molecule has 2 aromatic carbocycles. The van der Waals surface area contributed by atoms with Gasteiger partial charge < -0.3 is 10.6 Å². The number of hydrogen-bond donors (Lipinski definition) is 4. The standard InChI is InChI=1S/C25H27F3N6OS/c1-13-8-9-17(10-15(13)3)19-11-21(25(26,27)28)34-22(29-19)12-20(33-34)23(35)31-32-24(36)30-18-7-5-6-14(2)16(18)4/h5-10,12,19,21,29H,11H2,1-4H3,(H,31,35)(H2,30,32,36)/t19-,21+/m1/s1. The summed E-state index contributed by atoms with van der Waals surface area (Å²) >= 11 is 5.23. The van der Waals surface area contributed by atoms with Crippen molar-refractivity contribution in [1.82, 2.24) is 20.6 Å². The topological polar surface area (TPSA) is 83.0 Å². The molecule has 190 valence electrons. The third-order valence-electron chi connectivity index (χ3n) is 6.50. The highest BCUT2D eigenvalue weighted by Crippen LogP contribution is 2.43. The molecule has 0 bridgehead atoms. The van der Waals surface area contributed by atoms with Crippen LogP contribution in [0.5, 0.6) is 0 Å². The lowest BCUT2D eigenvalue weighted by Crippen LogP contribution is -2.44. The van der Waals surface area contributed by atoms with Crippen LogP contribution in [0, 0.1) is 27.7 Å². The highest BCUT2D eigenvalue weighted by atomic mass is 32.1. The first kappa shape index (κ1) is 25.5. The van der Waals surface area contributed by atoms with Gasteiger partial charge in [0.25, 0.3) is 5.91 Å². The Morgan fingerprint density at radius 2 is 1.81 bits per heavy atom. The Kier molecular flexibility index (Phi) is 6.94. The van der Waals surface area contributed by atoms with Crippen LogP contribution in [0.4, 0.5) is 24.7 Å². The highest BCUT2D eigenvalue weighted by Gasteiger charge is 2.46. The summed E-state index contributed by atoms with van der Waals surface area (Å²) in [6, 6.07) is 10.1. The molecule has 1 amide bonds. The minimum absolute atomic E-state index is 0.119. The molecule has 0 unspecified atom stereocenters. The predicted molar refractivity (Wildman–Crippen MR) is 137 cm³/mol. The van der Waals surface area contributed by atoms with Gasteiger partial charge in [0.15, 0.2) is 16.8 Å². The molecule has 2 heterocycles. The Morgan fingerprint density at radius 3 is 2.50 bits per heavy atom. The number of nitrogens with one attached hydrogen (secondary N) is 4. The molecule has 1 aliphatic rings. The van der Waals surface area contributed by atoms with Crippen LogP contribution in [0.15, 0.2) is 42.5 Å². The third kappa shape index (κ3) is 5.30. The summed E-state index contributed by atoms with van der Waals surface area (Å²) < 4.78 is 42.7. The van der Waals surface area contributed by atoms with Crippen molar-refractivity contribution in [2.45, 2.75) is 52.4 Å². The van der Waals surface area contributed by atoms with Crippen LogP contribution in [0.25, 0.3) is 0 Å². The van der Waals surface area contributed by atoms with Crippen molar-refractivity contribution in [2.75, 3.05) is 10.6 Å². The van der Waals surface area contributed by atoms with E-state index in [9.17, 15) is 18.0 Å².